The van der Waals surface area contributed by atoms with Crippen LogP contribution in [0.1, 0.15) is 18.4 Å². The Labute approximate surface area is 104 Å². The van der Waals surface area contributed by atoms with Crippen molar-refractivity contribution in [1.82, 2.24) is 0 Å². The van der Waals surface area contributed by atoms with Crippen LogP contribution in [0.25, 0.3) is 0 Å². The van der Waals surface area contributed by atoms with Gasteiger partial charge in [0.05, 0.1) is 19.1 Å². The van der Waals surface area contributed by atoms with Crippen LogP contribution in [0.2, 0.25) is 0 Å². The Morgan fingerprint density at radius 3 is 3.06 bits per heavy atom. The van der Waals surface area contributed by atoms with Crippen LogP contribution in [-0.2, 0) is 9.53 Å². The summed E-state index contributed by atoms with van der Waals surface area (Å²) in [5.74, 6) is -0.749. The monoisotopic (exact) mass is 249 g/mol. The highest BCUT2D eigenvalue weighted by Crippen LogP contribution is 2.22. The number of cyclic esters (lactones) is 1. The minimum absolute atomic E-state index is 0.105. The van der Waals surface area contributed by atoms with E-state index in [4.69, 9.17) is 14.7 Å². The van der Waals surface area contributed by atoms with Crippen LogP contribution in [-0.4, -0.2) is 19.2 Å². The number of ether oxygens (including phenoxy) is 2. The van der Waals surface area contributed by atoms with Gasteiger partial charge in [-0.05, 0) is 25.0 Å². The van der Waals surface area contributed by atoms with E-state index in [1.807, 2.05) is 0 Å². The number of carbonyl (C=O) groups excluding carboxylic acids is 1. The van der Waals surface area contributed by atoms with Crippen LogP contribution in [0, 0.1) is 23.1 Å². The molecule has 1 aliphatic heterocycles. The second kappa shape index (κ2) is 5.50. The van der Waals surface area contributed by atoms with Crippen molar-refractivity contribution in [2.45, 2.75) is 12.8 Å². The molecule has 0 N–H and O–H groups in total. The number of hydrogen-bond donors (Lipinski definition) is 0. The molecule has 1 heterocycles. The summed E-state index contributed by atoms with van der Waals surface area (Å²) in [4.78, 5) is 11.2. The third kappa shape index (κ3) is 2.59. The van der Waals surface area contributed by atoms with Gasteiger partial charge in [0, 0.05) is 0 Å². The lowest BCUT2D eigenvalue weighted by Gasteiger charge is -2.09. The quantitative estimate of drug-likeness (QED) is 0.766. The highest BCUT2D eigenvalue weighted by atomic mass is 19.1. The summed E-state index contributed by atoms with van der Waals surface area (Å²) in [6.07, 6.45) is 1.21. The van der Waals surface area contributed by atoms with E-state index < -0.39 is 5.82 Å². The maximum absolute atomic E-state index is 13.3. The Morgan fingerprint density at radius 1 is 1.56 bits per heavy atom. The van der Waals surface area contributed by atoms with Crippen LogP contribution in [0.3, 0.4) is 0 Å². The highest BCUT2D eigenvalue weighted by Gasteiger charge is 2.26. The molecule has 0 bridgehead atoms. The molecular weight excluding hydrogens is 237 g/mol. The van der Waals surface area contributed by atoms with Gasteiger partial charge in [-0.25, -0.2) is 4.39 Å². The first-order chi connectivity index (χ1) is 8.72. The number of rotatable bonds is 4. The van der Waals surface area contributed by atoms with Crippen molar-refractivity contribution in [2.75, 3.05) is 13.2 Å². The molecule has 5 heteroatoms. The summed E-state index contributed by atoms with van der Waals surface area (Å²) >= 11 is 0. The Kier molecular flexibility index (Phi) is 3.78. The molecule has 0 amide bonds. The molecule has 0 unspecified atom stereocenters. The number of hydrogen-bond acceptors (Lipinski definition) is 4. The Hall–Kier alpha value is -2.09. The standard InChI is InChI=1S/C13H12FNO3/c14-11-2-1-3-12(10(11)8-15)17-6-4-9-5-7-18-13(9)16/h1-3,9H,4-7H2/t9-/m0/s1. The summed E-state index contributed by atoms with van der Waals surface area (Å²) < 4.78 is 23.4. The van der Waals surface area contributed by atoms with Gasteiger partial charge in [-0.3, -0.25) is 4.79 Å². The van der Waals surface area contributed by atoms with Crippen molar-refractivity contribution in [2.24, 2.45) is 5.92 Å². The van der Waals surface area contributed by atoms with Gasteiger partial charge in [0.15, 0.2) is 0 Å². The molecule has 94 valence electrons. The van der Waals surface area contributed by atoms with Crippen LogP contribution in [0.4, 0.5) is 4.39 Å². The SMILES string of the molecule is N#Cc1c(F)cccc1OCC[C@H]1CCOC1=O. The molecule has 0 radical (unpaired) electrons. The molecule has 1 aromatic carbocycles. The molecule has 0 saturated carbocycles. The van der Waals surface area contributed by atoms with E-state index in [9.17, 15) is 9.18 Å². The molecule has 1 atom stereocenters. The first kappa shape index (κ1) is 12.4. The summed E-state index contributed by atoms with van der Waals surface area (Å²) in [7, 11) is 0. The molecule has 0 spiro atoms. The normalized spacial score (nSPS) is 18.2. The van der Waals surface area contributed by atoms with Crippen LogP contribution < -0.4 is 4.74 Å². The lowest BCUT2D eigenvalue weighted by molar-refractivity contribution is -0.141. The Bertz CT molecular complexity index is 495. The molecular formula is C13H12FNO3. The molecule has 0 aliphatic carbocycles. The average Bonchev–Trinajstić information content (AvgIpc) is 2.75. The van der Waals surface area contributed by atoms with Gasteiger partial charge >= 0.3 is 5.97 Å². The zero-order chi connectivity index (χ0) is 13.0. The van der Waals surface area contributed by atoms with Gasteiger partial charge in [0.25, 0.3) is 0 Å². The number of benzene rings is 1. The fraction of sp³-hybridized carbons (Fsp3) is 0.385. The maximum Gasteiger partial charge on any atom is 0.309 e. The van der Waals surface area contributed by atoms with Gasteiger partial charge in [0.1, 0.15) is 23.2 Å². The fourth-order valence-electron chi connectivity index (χ4n) is 1.84. The third-order valence-electron chi connectivity index (χ3n) is 2.86. The largest absolute Gasteiger partial charge is 0.492 e. The molecule has 1 aliphatic rings. The molecule has 1 aromatic rings. The minimum atomic E-state index is -0.602. The van der Waals surface area contributed by atoms with E-state index in [1.54, 1.807) is 6.07 Å². The van der Waals surface area contributed by atoms with Crippen molar-refractivity contribution in [1.29, 1.82) is 5.26 Å². The summed E-state index contributed by atoms with van der Waals surface area (Å²) in [5.41, 5.74) is -0.105. The number of halogens is 1. The summed E-state index contributed by atoms with van der Waals surface area (Å²) in [6, 6.07) is 5.99. The van der Waals surface area contributed by atoms with Gasteiger partial charge < -0.3 is 9.47 Å². The third-order valence-corrected chi connectivity index (χ3v) is 2.86. The predicted octanol–water partition coefficient (Wildman–Crippen LogP) is 2.03. The Balaban J connectivity index is 1.93. The number of nitriles is 1. The van der Waals surface area contributed by atoms with Gasteiger partial charge in [-0.1, -0.05) is 6.07 Å². The first-order valence-electron chi connectivity index (χ1n) is 5.70. The highest BCUT2D eigenvalue weighted by molar-refractivity contribution is 5.74. The van der Waals surface area contributed by atoms with E-state index in [0.29, 0.717) is 19.4 Å². The number of esters is 1. The predicted molar refractivity (Wildman–Crippen MR) is 60.3 cm³/mol. The molecule has 1 fully saturated rings. The zero-order valence-corrected chi connectivity index (χ0v) is 9.69. The van der Waals surface area contributed by atoms with E-state index in [0.717, 1.165) is 0 Å². The topological polar surface area (TPSA) is 59.3 Å². The van der Waals surface area contributed by atoms with Crippen LogP contribution in [0.5, 0.6) is 5.75 Å². The smallest absolute Gasteiger partial charge is 0.309 e. The van der Waals surface area contributed by atoms with Crippen LogP contribution >= 0.6 is 0 Å². The number of carbonyl (C=O) groups is 1. The van der Waals surface area contributed by atoms with Crippen molar-refractivity contribution in [3.63, 3.8) is 0 Å². The van der Waals surface area contributed by atoms with E-state index >= 15 is 0 Å². The Morgan fingerprint density at radius 2 is 2.39 bits per heavy atom. The van der Waals surface area contributed by atoms with E-state index in [-0.39, 0.29) is 29.8 Å². The van der Waals surface area contributed by atoms with E-state index in [2.05, 4.69) is 0 Å². The van der Waals surface area contributed by atoms with Crippen molar-refractivity contribution >= 4 is 5.97 Å². The van der Waals surface area contributed by atoms with Crippen molar-refractivity contribution in [3.05, 3.63) is 29.6 Å². The lowest BCUT2D eigenvalue weighted by Crippen LogP contribution is -2.12. The molecule has 18 heavy (non-hydrogen) atoms. The van der Waals surface area contributed by atoms with Crippen molar-refractivity contribution in [3.8, 4) is 11.8 Å². The average molecular weight is 249 g/mol. The zero-order valence-electron chi connectivity index (χ0n) is 9.69. The van der Waals surface area contributed by atoms with Gasteiger partial charge in [-0.2, -0.15) is 5.26 Å². The van der Waals surface area contributed by atoms with E-state index in [1.165, 1.54) is 18.2 Å². The summed E-state index contributed by atoms with van der Waals surface area (Å²) in [6.45, 7) is 0.713. The lowest BCUT2D eigenvalue weighted by atomic mass is 10.1. The number of nitrogens with zero attached hydrogens (tertiary/aromatic N) is 1. The molecule has 4 nitrogen and oxygen atoms in total. The van der Waals surface area contributed by atoms with Gasteiger partial charge in [-0.15, -0.1) is 0 Å². The minimum Gasteiger partial charge on any atom is -0.492 e. The maximum atomic E-state index is 13.3. The molecule has 2 rings (SSSR count). The summed E-state index contributed by atoms with van der Waals surface area (Å²) in [5, 5.41) is 8.81. The van der Waals surface area contributed by atoms with Crippen LogP contribution in [0.15, 0.2) is 18.2 Å². The first-order valence-corrected chi connectivity index (χ1v) is 5.70. The second-order valence-corrected chi connectivity index (χ2v) is 4.02. The van der Waals surface area contributed by atoms with Crippen molar-refractivity contribution < 1.29 is 18.7 Å². The van der Waals surface area contributed by atoms with Gasteiger partial charge in [0.2, 0.25) is 0 Å². The second-order valence-electron chi connectivity index (χ2n) is 4.02. The fourth-order valence-corrected chi connectivity index (χ4v) is 1.84. The molecule has 0 aromatic heterocycles. The molecule has 1 saturated heterocycles.